The van der Waals surface area contributed by atoms with Crippen molar-refractivity contribution in [1.29, 1.82) is 0 Å². The van der Waals surface area contributed by atoms with Crippen molar-refractivity contribution in [2.75, 3.05) is 6.54 Å². The molecular formula is C24H24F3N3. The number of hydrogen-bond donors (Lipinski definition) is 0. The van der Waals surface area contributed by atoms with Gasteiger partial charge in [-0.3, -0.25) is 4.68 Å². The maximum atomic E-state index is 12.6. The van der Waals surface area contributed by atoms with Crippen LogP contribution in [0.3, 0.4) is 0 Å². The second kappa shape index (κ2) is 8.01. The molecule has 0 atom stereocenters. The Morgan fingerprint density at radius 1 is 1.07 bits per heavy atom. The summed E-state index contributed by atoms with van der Waals surface area (Å²) in [6, 6.07) is 13.0. The van der Waals surface area contributed by atoms with Crippen LogP contribution in [0.15, 0.2) is 61.4 Å². The van der Waals surface area contributed by atoms with Crippen LogP contribution in [0.4, 0.5) is 13.2 Å². The van der Waals surface area contributed by atoms with Crippen molar-refractivity contribution in [2.24, 2.45) is 7.05 Å². The molecule has 2 aromatic carbocycles. The Kier molecular flexibility index (Phi) is 5.41. The summed E-state index contributed by atoms with van der Waals surface area (Å²) in [5.41, 5.74) is 6.73. The van der Waals surface area contributed by atoms with Gasteiger partial charge in [-0.25, -0.2) is 0 Å². The lowest BCUT2D eigenvalue weighted by Crippen LogP contribution is -2.21. The molecule has 3 aromatic rings. The quantitative estimate of drug-likeness (QED) is 0.556. The molecule has 0 unspecified atom stereocenters. The van der Waals surface area contributed by atoms with Gasteiger partial charge in [0, 0.05) is 37.6 Å². The molecule has 4 rings (SSSR count). The number of benzene rings is 2. The number of alkyl halides is 3. The molecular weight excluding hydrogens is 387 g/mol. The highest BCUT2D eigenvalue weighted by atomic mass is 19.4. The summed E-state index contributed by atoms with van der Waals surface area (Å²) in [4.78, 5) is 2.28. The van der Waals surface area contributed by atoms with E-state index in [1.54, 1.807) is 28.9 Å². The lowest BCUT2D eigenvalue weighted by Gasteiger charge is -2.25. The fourth-order valence-electron chi connectivity index (χ4n) is 3.97. The first-order chi connectivity index (χ1) is 14.3. The molecule has 3 nitrogen and oxygen atoms in total. The van der Waals surface area contributed by atoms with Crippen LogP contribution >= 0.6 is 0 Å². The fraction of sp³-hybridized carbons (Fsp3) is 0.292. The van der Waals surface area contributed by atoms with Gasteiger partial charge in [0.25, 0.3) is 0 Å². The molecule has 0 radical (unpaired) electrons. The van der Waals surface area contributed by atoms with E-state index in [1.807, 2.05) is 19.4 Å². The van der Waals surface area contributed by atoms with E-state index in [0.29, 0.717) is 0 Å². The zero-order valence-corrected chi connectivity index (χ0v) is 16.9. The fourth-order valence-corrected chi connectivity index (χ4v) is 3.97. The molecule has 6 heteroatoms. The summed E-state index contributed by atoms with van der Waals surface area (Å²) in [6.07, 6.45) is 0.740. The van der Waals surface area contributed by atoms with Gasteiger partial charge in [0.1, 0.15) is 0 Å². The van der Waals surface area contributed by atoms with Crippen molar-refractivity contribution in [1.82, 2.24) is 14.7 Å². The molecule has 0 N–H and O–H groups in total. The highest BCUT2D eigenvalue weighted by Crippen LogP contribution is 2.30. The minimum atomic E-state index is -4.19. The Bertz CT molecular complexity index is 1050. The number of rotatable bonds is 4. The van der Waals surface area contributed by atoms with Crippen LogP contribution in [-0.4, -0.2) is 27.4 Å². The standard InChI is InChI=1S/C24H24F3N3/c1-17(23-14-28-29(2)15-23)30-11-3-4-19-9-10-21(12-22(19)16-30)20-7-5-18(6-8-20)13-24(25,26)27/h5-10,12,14-15H,1,3-4,11,13,16H2,2H3. The summed E-state index contributed by atoms with van der Waals surface area (Å²) in [5, 5.41) is 4.24. The number of fused-ring (bicyclic) bond motifs is 1. The van der Waals surface area contributed by atoms with E-state index in [1.165, 1.54) is 11.1 Å². The van der Waals surface area contributed by atoms with Gasteiger partial charge in [-0.05, 0) is 46.7 Å². The van der Waals surface area contributed by atoms with E-state index in [9.17, 15) is 13.2 Å². The van der Waals surface area contributed by atoms with Gasteiger partial charge in [-0.1, -0.05) is 43.0 Å². The zero-order valence-electron chi connectivity index (χ0n) is 16.9. The molecule has 0 saturated carbocycles. The molecule has 30 heavy (non-hydrogen) atoms. The number of aryl methyl sites for hydroxylation is 2. The van der Waals surface area contributed by atoms with Crippen LogP contribution in [-0.2, 0) is 26.4 Å². The van der Waals surface area contributed by atoms with Crippen molar-refractivity contribution in [3.63, 3.8) is 0 Å². The smallest absolute Gasteiger partial charge is 0.367 e. The second-order valence-corrected chi connectivity index (χ2v) is 7.85. The predicted octanol–water partition coefficient (Wildman–Crippen LogP) is 5.61. The third kappa shape index (κ3) is 4.58. The predicted molar refractivity (Wildman–Crippen MR) is 113 cm³/mol. The first-order valence-electron chi connectivity index (χ1n) is 9.99. The van der Waals surface area contributed by atoms with Crippen LogP contribution in [0.5, 0.6) is 0 Å². The van der Waals surface area contributed by atoms with Crippen LogP contribution in [0.25, 0.3) is 16.8 Å². The van der Waals surface area contributed by atoms with Gasteiger partial charge in [0.15, 0.2) is 0 Å². The van der Waals surface area contributed by atoms with E-state index in [-0.39, 0.29) is 5.56 Å². The van der Waals surface area contributed by atoms with Crippen LogP contribution in [0, 0.1) is 0 Å². The Balaban J connectivity index is 1.56. The van der Waals surface area contributed by atoms with E-state index in [4.69, 9.17) is 0 Å². The molecule has 1 aromatic heterocycles. The first kappa shape index (κ1) is 20.3. The molecule has 0 saturated heterocycles. The van der Waals surface area contributed by atoms with Crippen LogP contribution < -0.4 is 0 Å². The summed E-state index contributed by atoms with van der Waals surface area (Å²) in [7, 11) is 1.89. The van der Waals surface area contributed by atoms with Gasteiger partial charge in [-0.15, -0.1) is 0 Å². The molecule has 2 heterocycles. The van der Waals surface area contributed by atoms with E-state index in [2.05, 4.69) is 34.8 Å². The van der Waals surface area contributed by atoms with E-state index in [0.717, 1.165) is 48.3 Å². The molecule has 0 aliphatic carbocycles. The number of halogens is 3. The largest absolute Gasteiger partial charge is 0.393 e. The minimum absolute atomic E-state index is 0.278. The molecule has 0 spiro atoms. The van der Waals surface area contributed by atoms with Crippen molar-refractivity contribution in [2.45, 2.75) is 32.0 Å². The highest BCUT2D eigenvalue weighted by Gasteiger charge is 2.27. The van der Waals surface area contributed by atoms with Crippen molar-refractivity contribution >= 4 is 5.70 Å². The minimum Gasteiger partial charge on any atom is -0.367 e. The molecule has 0 amide bonds. The number of nitrogens with zero attached hydrogens (tertiary/aromatic N) is 3. The van der Waals surface area contributed by atoms with Gasteiger partial charge >= 0.3 is 6.18 Å². The van der Waals surface area contributed by atoms with Crippen molar-refractivity contribution in [3.8, 4) is 11.1 Å². The molecule has 0 fully saturated rings. The van der Waals surface area contributed by atoms with Gasteiger partial charge < -0.3 is 4.90 Å². The maximum Gasteiger partial charge on any atom is 0.393 e. The normalized spacial score (nSPS) is 14.3. The topological polar surface area (TPSA) is 21.1 Å². The Morgan fingerprint density at radius 2 is 1.80 bits per heavy atom. The lowest BCUT2D eigenvalue weighted by atomic mass is 9.96. The maximum absolute atomic E-state index is 12.6. The average molecular weight is 411 g/mol. The Morgan fingerprint density at radius 3 is 2.47 bits per heavy atom. The molecule has 156 valence electrons. The molecule has 0 bridgehead atoms. The highest BCUT2D eigenvalue weighted by molar-refractivity contribution is 5.66. The van der Waals surface area contributed by atoms with Crippen molar-refractivity contribution in [3.05, 3.63) is 83.7 Å². The monoisotopic (exact) mass is 411 g/mol. The lowest BCUT2D eigenvalue weighted by molar-refractivity contribution is -0.127. The van der Waals surface area contributed by atoms with Crippen molar-refractivity contribution < 1.29 is 13.2 Å². The Hall–Kier alpha value is -3.02. The summed E-state index contributed by atoms with van der Waals surface area (Å²) < 4.78 is 39.6. The average Bonchev–Trinajstić information content (AvgIpc) is 3.01. The zero-order chi connectivity index (χ0) is 21.3. The van der Waals surface area contributed by atoms with Gasteiger partial charge in [0.2, 0.25) is 0 Å². The van der Waals surface area contributed by atoms with E-state index < -0.39 is 12.6 Å². The first-order valence-corrected chi connectivity index (χ1v) is 9.99. The van der Waals surface area contributed by atoms with Crippen LogP contribution in [0.1, 0.15) is 28.7 Å². The second-order valence-electron chi connectivity index (χ2n) is 7.85. The Labute approximate surface area is 174 Å². The molecule has 1 aliphatic rings. The summed E-state index contributed by atoms with van der Waals surface area (Å²) in [6.45, 7) is 5.95. The molecule has 1 aliphatic heterocycles. The van der Waals surface area contributed by atoms with E-state index >= 15 is 0 Å². The SMILES string of the molecule is C=C(c1cnn(C)c1)N1CCCc2ccc(-c3ccc(CC(F)(F)F)cc3)cc2C1. The number of aromatic nitrogens is 2. The van der Waals surface area contributed by atoms with Gasteiger partial charge in [-0.2, -0.15) is 18.3 Å². The van der Waals surface area contributed by atoms with Gasteiger partial charge in [0.05, 0.1) is 12.6 Å². The third-order valence-electron chi connectivity index (χ3n) is 5.55. The number of hydrogen-bond acceptors (Lipinski definition) is 2. The third-order valence-corrected chi connectivity index (χ3v) is 5.55. The summed E-state index contributed by atoms with van der Waals surface area (Å²) >= 11 is 0. The van der Waals surface area contributed by atoms with Crippen LogP contribution in [0.2, 0.25) is 0 Å². The summed E-state index contributed by atoms with van der Waals surface area (Å²) in [5.74, 6) is 0.